The Morgan fingerprint density at radius 3 is 2.50 bits per heavy atom. The Labute approximate surface area is 57.3 Å². The highest BCUT2D eigenvalue weighted by Gasteiger charge is 1.82. The van der Waals surface area contributed by atoms with Gasteiger partial charge >= 0.3 is 0 Å². The van der Waals surface area contributed by atoms with Crippen LogP contribution in [0.15, 0.2) is 16.2 Å². The predicted molar refractivity (Wildman–Crippen MR) is 29.6 cm³/mol. The summed E-state index contributed by atoms with van der Waals surface area (Å²) >= 11 is 1.41. The van der Waals surface area contributed by atoms with Crippen molar-refractivity contribution in [1.29, 1.82) is 0 Å². The van der Waals surface area contributed by atoms with Gasteiger partial charge in [-0.1, -0.05) is 11.5 Å². The Kier molecular flexibility index (Phi) is 2.79. The van der Waals surface area contributed by atoms with Crippen LogP contribution >= 0.6 is 11.5 Å². The third-order valence-corrected chi connectivity index (χ3v) is 1.49. The molecule has 8 heavy (non-hydrogen) atoms. The zero-order valence-corrected chi connectivity index (χ0v) is 5.87. The molecule has 0 aliphatic rings. The summed E-state index contributed by atoms with van der Waals surface area (Å²) in [7, 11) is 1.74. The molecule has 46 valence electrons. The summed E-state index contributed by atoms with van der Waals surface area (Å²) in [4.78, 5) is 10.4. The molecule has 0 aliphatic carbocycles. The number of nitrogens with zero attached hydrogens (tertiary/aromatic N) is 1. The first kappa shape index (κ1) is 7.72. The molecular formula is C4H5ClNOS-. The molecule has 0 radical (unpaired) electrons. The summed E-state index contributed by atoms with van der Waals surface area (Å²) in [5.41, 5.74) is 0.0741. The fourth-order valence-electron chi connectivity index (χ4n) is 0.337. The minimum atomic E-state index is 0. The van der Waals surface area contributed by atoms with Gasteiger partial charge in [0.1, 0.15) is 0 Å². The molecule has 0 bridgehead atoms. The summed E-state index contributed by atoms with van der Waals surface area (Å²) in [5.74, 6) is 0. The number of aromatic nitrogens is 1. The monoisotopic (exact) mass is 150 g/mol. The summed E-state index contributed by atoms with van der Waals surface area (Å²) in [6, 6.07) is 1.55. The maximum absolute atomic E-state index is 10.4. The minimum Gasteiger partial charge on any atom is -1.00 e. The lowest BCUT2D eigenvalue weighted by Gasteiger charge is -1.76. The first-order chi connectivity index (χ1) is 3.30. The van der Waals surface area contributed by atoms with Crippen molar-refractivity contribution in [3.8, 4) is 0 Å². The SMILES string of the molecule is Cn1sccc1=O.[Cl-]. The number of aryl methyl sites for hydroxylation is 1. The quantitative estimate of drug-likeness (QED) is 0.399. The van der Waals surface area contributed by atoms with Crippen LogP contribution in [0.4, 0.5) is 0 Å². The zero-order chi connectivity index (χ0) is 5.28. The summed E-state index contributed by atoms with van der Waals surface area (Å²) in [5, 5.41) is 1.77. The molecule has 0 amide bonds. The van der Waals surface area contributed by atoms with Crippen molar-refractivity contribution >= 4 is 11.5 Å². The number of halogens is 1. The van der Waals surface area contributed by atoms with Crippen molar-refractivity contribution in [3.05, 3.63) is 21.8 Å². The molecule has 1 aromatic rings. The fourth-order valence-corrected chi connectivity index (χ4v) is 0.861. The molecule has 0 atom stereocenters. The van der Waals surface area contributed by atoms with E-state index in [4.69, 9.17) is 0 Å². The summed E-state index contributed by atoms with van der Waals surface area (Å²) < 4.78 is 1.57. The molecule has 4 heteroatoms. The largest absolute Gasteiger partial charge is 1.00 e. The van der Waals surface area contributed by atoms with E-state index in [9.17, 15) is 4.79 Å². The van der Waals surface area contributed by atoms with Gasteiger partial charge in [-0.3, -0.25) is 8.75 Å². The van der Waals surface area contributed by atoms with Gasteiger partial charge in [-0.2, -0.15) is 0 Å². The number of rotatable bonds is 0. The van der Waals surface area contributed by atoms with Crippen LogP contribution in [0.25, 0.3) is 0 Å². The topological polar surface area (TPSA) is 22.0 Å². The molecular weight excluding hydrogens is 146 g/mol. The van der Waals surface area contributed by atoms with Crippen LogP contribution in [0.3, 0.4) is 0 Å². The van der Waals surface area contributed by atoms with Gasteiger partial charge in [0.25, 0.3) is 5.56 Å². The van der Waals surface area contributed by atoms with Crippen LogP contribution in [0.1, 0.15) is 0 Å². The molecule has 1 heterocycles. The van der Waals surface area contributed by atoms with Crippen molar-refractivity contribution in [2.75, 3.05) is 0 Å². The van der Waals surface area contributed by atoms with E-state index in [1.165, 1.54) is 11.5 Å². The summed E-state index contributed by atoms with van der Waals surface area (Å²) in [6.07, 6.45) is 0. The lowest BCUT2D eigenvalue weighted by Crippen LogP contribution is -3.00. The molecule has 0 saturated heterocycles. The van der Waals surface area contributed by atoms with E-state index in [0.29, 0.717) is 0 Å². The molecule has 0 fully saturated rings. The lowest BCUT2D eigenvalue weighted by atomic mass is 10.7. The van der Waals surface area contributed by atoms with Gasteiger partial charge in [-0.25, -0.2) is 0 Å². The third-order valence-electron chi connectivity index (χ3n) is 0.740. The Morgan fingerprint density at radius 2 is 2.38 bits per heavy atom. The molecule has 0 aliphatic heterocycles. The number of hydrogen-bond acceptors (Lipinski definition) is 2. The zero-order valence-electron chi connectivity index (χ0n) is 4.30. The van der Waals surface area contributed by atoms with Gasteiger partial charge in [-0.05, 0) is 0 Å². The lowest BCUT2D eigenvalue weighted by molar-refractivity contribution is -0.00000150. The fraction of sp³-hybridized carbons (Fsp3) is 0.250. The highest BCUT2D eigenvalue weighted by molar-refractivity contribution is 7.04. The van der Waals surface area contributed by atoms with Crippen LogP contribution in [-0.2, 0) is 7.05 Å². The Bertz CT molecular complexity index is 204. The molecule has 1 rings (SSSR count). The molecule has 2 nitrogen and oxygen atoms in total. The second-order valence-electron chi connectivity index (χ2n) is 1.24. The Hall–Kier alpha value is -0.280. The van der Waals surface area contributed by atoms with E-state index in [1.807, 2.05) is 0 Å². The van der Waals surface area contributed by atoms with E-state index in [-0.39, 0.29) is 18.0 Å². The van der Waals surface area contributed by atoms with E-state index in [0.717, 1.165) is 0 Å². The van der Waals surface area contributed by atoms with Gasteiger partial charge in [0.05, 0.1) is 0 Å². The van der Waals surface area contributed by atoms with Gasteiger partial charge < -0.3 is 12.4 Å². The van der Waals surface area contributed by atoms with Crippen LogP contribution in [-0.4, -0.2) is 3.96 Å². The van der Waals surface area contributed by atoms with Crippen molar-refractivity contribution in [3.63, 3.8) is 0 Å². The van der Waals surface area contributed by atoms with Crippen LogP contribution < -0.4 is 18.0 Å². The van der Waals surface area contributed by atoms with Crippen molar-refractivity contribution in [1.82, 2.24) is 3.96 Å². The van der Waals surface area contributed by atoms with E-state index in [1.54, 1.807) is 22.5 Å². The first-order valence-electron chi connectivity index (χ1n) is 1.92. The van der Waals surface area contributed by atoms with E-state index >= 15 is 0 Å². The van der Waals surface area contributed by atoms with Gasteiger partial charge in [-0.15, -0.1) is 0 Å². The van der Waals surface area contributed by atoms with Gasteiger partial charge in [0.2, 0.25) is 0 Å². The third kappa shape index (κ3) is 1.35. The number of hydrogen-bond donors (Lipinski definition) is 0. The maximum Gasteiger partial charge on any atom is 0.260 e. The second-order valence-corrected chi connectivity index (χ2v) is 2.27. The average molecular weight is 151 g/mol. The maximum atomic E-state index is 10.4. The highest BCUT2D eigenvalue weighted by Crippen LogP contribution is 1.84. The Balaban J connectivity index is 0.000000490. The molecule has 0 aromatic carbocycles. The van der Waals surface area contributed by atoms with Crippen molar-refractivity contribution < 1.29 is 12.4 Å². The van der Waals surface area contributed by atoms with E-state index in [2.05, 4.69) is 0 Å². The molecule has 0 unspecified atom stereocenters. The molecule has 0 saturated carbocycles. The minimum absolute atomic E-state index is 0. The van der Waals surface area contributed by atoms with Gasteiger partial charge in [0.15, 0.2) is 0 Å². The van der Waals surface area contributed by atoms with Crippen LogP contribution in [0.2, 0.25) is 0 Å². The van der Waals surface area contributed by atoms with E-state index < -0.39 is 0 Å². The smallest absolute Gasteiger partial charge is 0.260 e. The highest BCUT2D eigenvalue weighted by atomic mass is 35.5. The summed E-state index contributed by atoms with van der Waals surface area (Å²) in [6.45, 7) is 0. The van der Waals surface area contributed by atoms with Crippen LogP contribution in [0.5, 0.6) is 0 Å². The average Bonchev–Trinajstić information content (AvgIpc) is 1.91. The Morgan fingerprint density at radius 1 is 1.75 bits per heavy atom. The van der Waals surface area contributed by atoms with Gasteiger partial charge in [0, 0.05) is 18.5 Å². The molecule has 1 aromatic heterocycles. The first-order valence-corrected chi connectivity index (χ1v) is 2.75. The second kappa shape index (κ2) is 2.89. The van der Waals surface area contributed by atoms with Crippen molar-refractivity contribution in [2.45, 2.75) is 0 Å². The standard InChI is InChI=1S/C4H5NOS.ClH/c1-5-4(6)2-3-7-5;/h2-3H,1H3;1H/p-1. The predicted octanol–water partition coefficient (Wildman–Crippen LogP) is -2.55. The normalized spacial score (nSPS) is 8.12. The molecule has 0 spiro atoms. The molecule has 0 N–H and O–H groups in total. The van der Waals surface area contributed by atoms with Crippen molar-refractivity contribution in [2.24, 2.45) is 7.05 Å². The van der Waals surface area contributed by atoms with Crippen LogP contribution in [0, 0.1) is 0 Å².